The molecule has 2 rings (SSSR count). The van der Waals surface area contributed by atoms with Gasteiger partial charge in [-0.15, -0.1) is 0 Å². The van der Waals surface area contributed by atoms with Crippen molar-refractivity contribution >= 4 is 17.3 Å². The van der Waals surface area contributed by atoms with E-state index in [4.69, 9.17) is 9.47 Å². The number of para-hydroxylation sites is 1. The van der Waals surface area contributed by atoms with E-state index in [9.17, 15) is 14.9 Å². The summed E-state index contributed by atoms with van der Waals surface area (Å²) >= 11 is 0. The Balaban J connectivity index is 1.96. The molecule has 26 heavy (non-hydrogen) atoms. The second-order valence-electron chi connectivity index (χ2n) is 5.68. The highest BCUT2D eigenvalue weighted by Gasteiger charge is 2.14. The molecule has 0 aliphatic rings. The quantitative estimate of drug-likeness (QED) is 0.575. The van der Waals surface area contributed by atoms with Crippen LogP contribution in [0.4, 0.5) is 11.4 Å². The Hall–Kier alpha value is -3.13. The van der Waals surface area contributed by atoms with Gasteiger partial charge >= 0.3 is 0 Å². The Morgan fingerprint density at radius 3 is 2.42 bits per heavy atom. The average molecular weight is 359 g/mol. The molecule has 0 bridgehead atoms. The first-order valence-corrected chi connectivity index (χ1v) is 7.87. The summed E-state index contributed by atoms with van der Waals surface area (Å²) in [7, 11) is 4.96. The smallest absolute Gasteiger partial charge is 0.269 e. The van der Waals surface area contributed by atoms with Crippen LogP contribution in [0.25, 0.3) is 0 Å². The number of nitrogens with zero attached hydrogens (tertiary/aromatic N) is 2. The normalized spacial score (nSPS) is 10.5. The maximum absolute atomic E-state index is 12.2. The van der Waals surface area contributed by atoms with Crippen LogP contribution in [-0.4, -0.2) is 43.5 Å². The van der Waals surface area contributed by atoms with Crippen LogP contribution in [0, 0.1) is 10.1 Å². The first-order valence-electron chi connectivity index (χ1n) is 7.87. The summed E-state index contributed by atoms with van der Waals surface area (Å²) in [6, 6.07) is 11.3. The molecule has 0 aromatic heterocycles. The molecule has 0 radical (unpaired) electrons. The molecule has 2 aromatic rings. The summed E-state index contributed by atoms with van der Waals surface area (Å²) in [5.74, 6) is 1.05. The van der Waals surface area contributed by atoms with Crippen LogP contribution in [-0.2, 0) is 11.3 Å². The van der Waals surface area contributed by atoms with Crippen molar-refractivity contribution in [2.45, 2.75) is 6.54 Å². The van der Waals surface area contributed by atoms with E-state index in [-0.39, 0.29) is 18.1 Å². The Labute approximate surface area is 151 Å². The molecule has 0 fully saturated rings. The van der Waals surface area contributed by atoms with Gasteiger partial charge in [0.15, 0.2) is 11.5 Å². The van der Waals surface area contributed by atoms with Gasteiger partial charge in [-0.1, -0.05) is 12.1 Å². The number of nitro benzene ring substituents is 1. The predicted molar refractivity (Wildman–Crippen MR) is 97.6 cm³/mol. The SMILES string of the molecule is COc1cccc(CN(C)CC(=O)Nc2ccc([N+](=O)[O-])cc2)c1OC. The average Bonchev–Trinajstić information content (AvgIpc) is 2.61. The highest BCUT2D eigenvalue weighted by atomic mass is 16.6. The van der Waals surface area contributed by atoms with Gasteiger partial charge in [0, 0.05) is 29.9 Å². The highest BCUT2D eigenvalue weighted by Crippen LogP contribution is 2.31. The van der Waals surface area contributed by atoms with Gasteiger partial charge in [-0.25, -0.2) is 0 Å². The minimum atomic E-state index is -0.485. The molecule has 8 heteroatoms. The number of nitrogens with one attached hydrogen (secondary N) is 1. The molecule has 0 aliphatic carbocycles. The third-order valence-corrected chi connectivity index (χ3v) is 3.70. The molecule has 0 aliphatic heterocycles. The van der Waals surface area contributed by atoms with Crippen LogP contribution in [0.2, 0.25) is 0 Å². The molecule has 8 nitrogen and oxygen atoms in total. The molecule has 0 unspecified atom stereocenters. The number of carbonyl (C=O) groups excluding carboxylic acids is 1. The van der Waals surface area contributed by atoms with Crippen LogP contribution in [0.15, 0.2) is 42.5 Å². The van der Waals surface area contributed by atoms with E-state index in [2.05, 4.69) is 5.32 Å². The Kier molecular flexibility index (Phi) is 6.51. The van der Waals surface area contributed by atoms with E-state index in [1.165, 1.54) is 24.3 Å². The Morgan fingerprint density at radius 1 is 1.15 bits per heavy atom. The summed E-state index contributed by atoms with van der Waals surface area (Å²) in [5, 5.41) is 13.4. The molecule has 0 saturated heterocycles. The molecular weight excluding hydrogens is 338 g/mol. The fourth-order valence-electron chi connectivity index (χ4n) is 2.54. The van der Waals surface area contributed by atoms with Crippen molar-refractivity contribution in [3.63, 3.8) is 0 Å². The molecule has 2 aromatic carbocycles. The number of likely N-dealkylation sites (N-methyl/N-ethyl adjacent to an activating group) is 1. The van der Waals surface area contributed by atoms with Gasteiger partial charge in [0.05, 0.1) is 25.7 Å². The second kappa shape index (κ2) is 8.82. The third-order valence-electron chi connectivity index (χ3n) is 3.70. The van der Waals surface area contributed by atoms with Crippen LogP contribution < -0.4 is 14.8 Å². The largest absolute Gasteiger partial charge is 0.493 e. The van der Waals surface area contributed by atoms with E-state index in [0.29, 0.717) is 23.7 Å². The molecule has 1 amide bonds. The monoisotopic (exact) mass is 359 g/mol. The van der Waals surface area contributed by atoms with Crippen LogP contribution in [0.5, 0.6) is 11.5 Å². The van der Waals surface area contributed by atoms with E-state index in [1.807, 2.05) is 30.1 Å². The number of hydrogen-bond acceptors (Lipinski definition) is 6. The number of hydrogen-bond donors (Lipinski definition) is 1. The lowest BCUT2D eigenvalue weighted by atomic mass is 10.1. The van der Waals surface area contributed by atoms with Crippen LogP contribution in [0.3, 0.4) is 0 Å². The van der Waals surface area contributed by atoms with Gasteiger partial charge in [0.1, 0.15) is 0 Å². The summed E-state index contributed by atoms with van der Waals surface area (Å²) in [6.07, 6.45) is 0. The van der Waals surface area contributed by atoms with E-state index >= 15 is 0 Å². The second-order valence-corrected chi connectivity index (χ2v) is 5.68. The van der Waals surface area contributed by atoms with Gasteiger partial charge in [0.2, 0.25) is 5.91 Å². The number of ether oxygens (including phenoxy) is 2. The highest BCUT2D eigenvalue weighted by molar-refractivity contribution is 5.92. The van der Waals surface area contributed by atoms with Gasteiger partial charge in [-0.05, 0) is 25.2 Å². The molecule has 138 valence electrons. The molecule has 0 saturated carbocycles. The predicted octanol–water partition coefficient (Wildman–Crippen LogP) is 2.68. The first-order chi connectivity index (χ1) is 12.4. The maximum atomic E-state index is 12.2. The standard InChI is InChI=1S/C18H21N3O5/c1-20(11-13-5-4-6-16(25-2)18(13)26-3)12-17(22)19-14-7-9-15(10-8-14)21(23)24/h4-10H,11-12H2,1-3H3,(H,19,22). The zero-order valence-corrected chi connectivity index (χ0v) is 14.9. The van der Waals surface area contributed by atoms with Crippen molar-refractivity contribution < 1.29 is 19.2 Å². The summed E-state index contributed by atoms with van der Waals surface area (Å²) < 4.78 is 10.7. The van der Waals surface area contributed by atoms with E-state index in [1.54, 1.807) is 14.2 Å². The zero-order chi connectivity index (χ0) is 19.1. The number of anilines is 1. The molecule has 0 atom stereocenters. The zero-order valence-electron chi connectivity index (χ0n) is 14.9. The van der Waals surface area contributed by atoms with Gasteiger partial charge < -0.3 is 14.8 Å². The molecule has 0 heterocycles. The lowest BCUT2D eigenvalue weighted by Crippen LogP contribution is -2.30. The van der Waals surface area contributed by atoms with Crippen molar-refractivity contribution in [1.29, 1.82) is 0 Å². The summed E-state index contributed by atoms with van der Waals surface area (Å²) in [4.78, 5) is 24.2. The van der Waals surface area contributed by atoms with Crippen molar-refractivity contribution in [1.82, 2.24) is 4.90 Å². The van der Waals surface area contributed by atoms with Crippen molar-refractivity contribution in [2.24, 2.45) is 0 Å². The number of methoxy groups -OCH3 is 2. The number of nitro groups is 1. The number of non-ortho nitro benzene ring substituents is 1. The number of carbonyl (C=O) groups is 1. The van der Waals surface area contributed by atoms with Crippen molar-refractivity contribution in [3.05, 3.63) is 58.1 Å². The molecular formula is C18H21N3O5. The van der Waals surface area contributed by atoms with Gasteiger partial charge in [-0.2, -0.15) is 0 Å². The minimum Gasteiger partial charge on any atom is -0.493 e. The molecule has 1 N–H and O–H groups in total. The number of amides is 1. The Bertz CT molecular complexity index is 777. The fraction of sp³-hybridized carbons (Fsp3) is 0.278. The lowest BCUT2D eigenvalue weighted by Gasteiger charge is -2.19. The van der Waals surface area contributed by atoms with Gasteiger partial charge in [0.25, 0.3) is 5.69 Å². The Morgan fingerprint density at radius 2 is 1.85 bits per heavy atom. The first kappa shape index (κ1) is 19.2. The van der Waals surface area contributed by atoms with Crippen LogP contribution >= 0.6 is 0 Å². The third kappa shape index (κ3) is 4.93. The minimum absolute atomic E-state index is 0.0229. The maximum Gasteiger partial charge on any atom is 0.269 e. The van der Waals surface area contributed by atoms with Gasteiger partial charge in [-0.3, -0.25) is 19.8 Å². The summed E-state index contributed by atoms with van der Waals surface area (Å²) in [6.45, 7) is 0.644. The van der Waals surface area contributed by atoms with E-state index in [0.717, 1.165) is 5.56 Å². The number of benzene rings is 2. The molecule has 0 spiro atoms. The number of rotatable bonds is 8. The fourth-order valence-corrected chi connectivity index (χ4v) is 2.54. The van der Waals surface area contributed by atoms with Crippen molar-refractivity contribution in [3.8, 4) is 11.5 Å². The topological polar surface area (TPSA) is 93.9 Å². The lowest BCUT2D eigenvalue weighted by molar-refractivity contribution is -0.384. The van der Waals surface area contributed by atoms with E-state index < -0.39 is 4.92 Å². The van der Waals surface area contributed by atoms with Crippen LogP contribution in [0.1, 0.15) is 5.56 Å². The van der Waals surface area contributed by atoms with Crippen molar-refractivity contribution in [2.75, 3.05) is 33.1 Å². The summed E-state index contributed by atoms with van der Waals surface area (Å²) in [5.41, 5.74) is 1.38.